The molecule has 0 radical (unpaired) electrons. The molecule has 0 saturated carbocycles. The first-order valence-electron chi connectivity index (χ1n) is 3.70. The van der Waals surface area contributed by atoms with Gasteiger partial charge in [-0.3, -0.25) is 0 Å². The Labute approximate surface area is 79.7 Å². The second-order valence-corrected chi connectivity index (χ2v) is 2.98. The van der Waals surface area contributed by atoms with Gasteiger partial charge < -0.3 is 15.5 Å². The standard InChI is InChI=1S/C8H8ClN3O/c1-13-5-3-2-4-7(6(5)9)12-8(10)11-4/h2-3H,1H3,(H3,10,11,12). The molecule has 2 rings (SSSR count). The van der Waals surface area contributed by atoms with Crippen LogP contribution in [0, 0.1) is 0 Å². The first-order chi connectivity index (χ1) is 6.22. The average Bonchev–Trinajstić information content (AvgIpc) is 2.47. The summed E-state index contributed by atoms with van der Waals surface area (Å²) in [4.78, 5) is 6.91. The van der Waals surface area contributed by atoms with E-state index in [1.807, 2.05) is 6.07 Å². The van der Waals surface area contributed by atoms with Crippen molar-refractivity contribution in [3.63, 3.8) is 0 Å². The monoisotopic (exact) mass is 197 g/mol. The van der Waals surface area contributed by atoms with Crippen LogP contribution in [0.1, 0.15) is 0 Å². The summed E-state index contributed by atoms with van der Waals surface area (Å²) >= 11 is 5.99. The first-order valence-corrected chi connectivity index (χ1v) is 4.08. The van der Waals surface area contributed by atoms with Crippen molar-refractivity contribution in [2.24, 2.45) is 0 Å². The number of nitrogen functional groups attached to an aromatic ring is 1. The number of anilines is 1. The second kappa shape index (κ2) is 2.81. The highest BCUT2D eigenvalue weighted by atomic mass is 35.5. The number of aromatic amines is 1. The molecule has 68 valence electrons. The molecule has 0 amide bonds. The van der Waals surface area contributed by atoms with Gasteiger partial charge in [0.2, 0.25) is 0 Å². The van der Waals surface area contributed by atoms with E-state index >= 15 is 0 Å². The van der Waals surface area contributed by atoms with Crippen molar-refractivity contribution in [3.05, 3.63) is 17.2 Å². The smallest absolute Gasteiger partial charge is 0.198 e. The van der Waals surface area contributed by atoms with Crippen LogP contribution in [0.25, 0.3) is 11.0 Å². The Hall–Kier alpha value is -1.42. The fourth-order valence-corrected chi connectivity index (χ4v) is 1.48. The van der Waals surface area contributed by atoms with Gasteiger partial charge in [-0.25, -0.2) is 4.98 Å². The van der Waals surface area contributed by atoms with E-state index in [0.717, 1.165) is 5.52 Å². The van der Waals surface area contributed by atoms with Crippen LogP contribution in [0.5, 0.6) is 5.75 Å². The molecule has 0 aliphatic rings. The van der Waals surface area contributed by atoms with Gasteiger partial charge in [0.25, 0.3) is 0 Å². The third-order valence-electron chi connectivity index (χ3n) is 1.80. The number of benzene rings is 1. The van der Waals surface area contributed by atoms with Crippen LogP contribution in [0.2, 0.25) is 5.02 Å². The third kappa shape index (κ3) is 1.19. The van der Waals surface area contributed by atoms with Crippen LogP contribution in [-0.2, 0) is 0 Å². The van der Waals surface area contributed by atoms with Crippen molar-refractivity contribution in [2.45, 2.75) is 0 Å². The number of fused-ring (bicyclic) bond motifs is 1. The number of ether oxygens (including phenoxy) is 1. The number of halogens is 1. The van der Waals surface area contributed by atoms with Crippen molar-refractivity contribution in [1.29, 1.82) is 0 Å². The number of rotatable bonds is 1. The maximum absolute atomic E-state index is 5.99. The van der Waals surface area contributed by atoms with Gasteiger partial charge in [0, 0.05) is 0 Å². The highest BCUT2D eigenvalue weighted by molar-refractivity contribution is 6.36. The van der Waals surface area contributed by atoms with Gasteiger partial charge in [0.05, 0.1) is 12.6 Å². The molecule has 0 bridgehead atoms. The zero-order valence-corrected chi connectivity index (χ0v) is 7.72. The summed E-state index contributed by atoms with van der Waals surface area (Å²) in [6, 6.07) is 3.59. The molecule has 0 atom stereocenters. The Balaban J connectivity index is 2.78. The fraction of sp³-hybridized carbons (Fsp3) is 0.125. The van der Waals surface area contributed by atoms with Crippen LogP contribution in [0.15, 0.2) is 12.1 Å². The molecule has 0 aliphatic heterocycles. The predicted molar refractivity (Wildman–Crippen MR) is 52.1 cm³/mol. The zero-order chi connectivity index (χ0) is 9.42. The lowest BCUT2D eigenvalue weighted by Gasteiger charge is -2.01. The molecular formula is C8H8ClN3O. The molecule has 2 aromatic rings. The van der Waals surface area contributed by atoms with Gasteiger partial charge in [-0.1, -0.05) is 11.6 Å². The molecule has 0 spiro atoms. The quantitative estimate of drug-likeness (QED) is 0.733. The molecule has 0 aliphatic carbocycles. The van der Waals surface area contributed by atoms with E-state index in [-0.39, 0.29) is 0 Å². The fourth-order valence-electron chi connectivity index (χ4n) is 1.20. The first kappa shape index (κ1) is 8.19. The molecule has 0 unspecified atom stereocenters. The third-order valence-corrected chi connectivity index (χ3v) is 2.16. The Kier molecular flexibility index (Phi) is 1.77. The molecule has 1 aromatic heterocycles. The van der Waals surface area contributed by atoms with Gasteiger partial charge in [-0.2, -0.15) is 0 Å². The van der Waals surface area contributed by atoms with E-state index < -0.39 is 0 Å². The molecule has 3 N–H and O–H groups in total. The number of nitrogens with zero attached hydrogens (tertiary/aromatic N) is 1. The van der Waals surface area contributed by atoms with Crippen molar-refractivity contribution in [2.75, 3.05) is 12.8 Å². The van der Waals surface area contributed by atoms with Gasteiger partial charge in [0.1, 0.15) is 16.3 Å². The predicted octanol–water partition coefficient (Wildman–Crippen LogP) is 1.81. The topological polar surface area (TPSA) is 63.9 Å². The van der Waals surface area contributed by atoms with Crippen molar-refractivity contribution in [3.8, 4) is 5.75 Å². The van der Waals surface area contributed by atoms with Crippen molar-refractivity contribution < 1.29 is 4.74 Å². The van der Waals surface area contributed by atoms with E-state index in [0.29, 0.717) is 22.2 Å². The van der Waals surface area contributed by atoms with E-state index in [4.69, 9.17) is 22.1 Å². The number of imidazole rings is 1. The lowest BCUT2D eigenvalue weighted by molar-refractivity contribution is 0.415. The summed E-state index contributed by atoms with van der Waals surface area (Å²) in [5.41, 5.74) is 6.93. The molecule has 4 nitrogen and oxygen atoms in total. The number of hydrogen-bond donors (Lipinski definition) is 2. The number of aromatic nitrogens is 2. The van der Waals surface area contributed by atoms with Crippen LogP contribution >= 0.6 is 11.6 Å². The molecular weight excluding hydrogens is 190 g/mol. The largest absolute Gasteiger partial charge is 0.495 e. The Bertz CT molecular complexity index is 452. The molecule has 0 saturated heterocycles. The van der Waals surface area contributed by atoms with Crippen LogP contribution in [0.4, 0.5) is 5.95 Å². The van der Waals surface area contributed by atoms with Crippen LogP contribution < -0.4 is 10.5 Å². The SMILES string of the molecule is COc1ccc2[nH]c(N)nc2c1Cl. The van der Waals surface area contributed by atoms with Crippen molar-refractivity contribution >= 4 is 28.6 Å². The molecule has 0 fully saturated rings. The van der Waals surface area contributed by atoms with Gasteiger partial charge >= 0.3 is 0 Å². The van der Waals surface area contributed by atoms with Crippen LogP contribution in [0.3, 0.4) is 0 Å². The summed E-state index contributed by atoms with van der Waals surface area (Å²) in [6.45, 7) is 0. The maximum atomic E-state index is 5.99. The number of nitrogens with two attached hydrogens (primary N) is 1. The number of hydrogen-bond acceptors (Lipinski definition) is 3. The Morgan fingerprint density at radius 3 is 3.00 bits per heavy atom. The lowest BCUT2D eigenvalue weighted by Crippen LogP contribution is -1.85. The summed E-state index contributed by atoms with van der Waals surface area (Å²) in [7, 11) is 1.56. The highest BCUT2D eigenvalue weighted by Crippen LogP contribution is 2.31. The number of H-pyrrole nitrogens is 1. The Morgan fingerprint density at radius 2 is 2.31 bits per heavy atom. The summed E-state index contributed by atoms with van der Waals surface area (Å²) in [5.74, 6) is 0.950. The van der Waals surface area contributed by atoms with E-state index in [9.17, 15) is 0 Å². The normalized spacial score (nSPS) is 10.6. The van der Waals surface area contributed by atoms with E-state index in [1.54, 1.807) is 13.2 Å². The minimum atomic E-state index is 0.352. The van der Waals surface area contributed by atoms with Crippen LogP contribution in [-0.4, -0.2) is 17.1 Å². The summed E-state index contributed by atoms with van der Waals surface area (Å²) in [6.07, 6.45) is 0. The van der Waals surface area contributed by atoms with Crippen molar-refractivity contribution in [1.82, 2.24) is 9.97 Å². The van der Waals surface area contributed by atoms with Gasteiger partial charge in [0.15, 0.2) is 5.95 Å². The summed E-state index contributed by atoms with van der Waals surface area (Å²) in [5, 5.41) is 0.480. The highest BCUT2D eigenvalue weighted by Gasteiger charge is 2.08. The number of methoxy groups -OCH3 is 1. The lowest BCUT2D eigenvalue weighted by atomic mass is 10.3. The minimum Gasteiger partial charge on any atom is -0.495 e. The average molecular weight is 198 g/mol. The molecule has 13 heavy (non-hydrogen) atoms. The van der Waals surface area contributed by atoms with Gasteiger partial charge in [-0.15, -0.1) is 0 Å². The zero-order valence-electron chi connectivity index (χ0n) is 6.97. The summed E-state index contributed by atoms with van der Waals surface area (Å²) < 4.78 is 5.04. The van der Waals surface area contributed by atoms with E-state index in [1.165, 1.54) is 0 Å². The molecule has 5 heteroatoms. The van der Waals surface area contributed by atoms with E-state index in [2.05, 4.69) is 9.97 Å². The maximum Gasteiger partial charge on any atom is 0.198 e. The minimum absolute atomic E-state index is 0.352. The van der Waals surface area contributed by atoms with Gasteiger partial charge in [-0.05, 0) is 12.1 Å². The molecule has 1 heterocycles. The Morgan fingerprint density at radius 1 is 1.54 bits per heavy atom. The second-order valence-electron chi connectivity index (χ2n) is 2.60. The molecule has 1 aromatic carbocycles. The number of nitrogens with one attached hydrogen (secondary N) is 1.